The summed E-state index contributed by atoms with van der Waals surface area (Å²) in [6.07, 6.45) is 5.15. The van der Waals surface area contributed by atoms with Crippen LogP contribution in [0.2, 0.25) is 0 Å². The van der Waals surface area contributed by atoms with E-state index in [1.54, 1.807) is 24.1 Å². The maximum absolute atomic E-state index is 12.7. The smallest absolute Gasteiger partial charge is 0.341 e. The molecule has 0 aliphatic carbocycles. The number of imidazole rings is 1. The van der Waals surface area contributed by atoms with Gasteiger partial charge >= 0.3 is 5.97 Å². The van der Waals surface area contributed by atoms with Crippen molar-refractivity contribution in [1.29, 1.82) is 0 Å². The average Bonchev–Trinajstić information content (AvgIpc) is 3.37. The lowest BCUT2D eigenvalue weighted by Crippen LogP contribution is -2.27. The van der Waals surface area contributed by atoms with Crippen molar-refractivity contribution in [2.75, 3.05) is 18.1 Å². The molecule has 0 bridgehead atoms. The Hall–Kier alpha value is -3.26. The second-order valence-electron chi connectivity index (χ2n) is 6.46. The molecule has 2 aromatic heterocycles. The van der Waals surface area contributed by atoms with Crippen LogP contribution in [0, 0.1) is 0 Å². The van der Waals surface area contributed by atoms with E-state index in [-0.39, 0.29) is 12.5 Å². The number of anilines is 1. The lowest BCUT2D eigenvalue weighted by molar-refractivity contribution is -0.136. The van der Waals surface area contributed by atoms with Crippen molar-refractivity contribution in [3.05, 3.63) is 65.2 Å². The summed E-state index contributed by atoms with van der Waals surface area (Å²) in [7, 11) is 0. The van der Waals surface area contributed by atoms with Gasteiger partial charge in [0.2, 0.25) is 5.91 Å². The van der Waals surface area contributed by atoms with Crippen LogP contribution in [0.15, 0.2) is 48.1 Å². The number of nitrogens with zero attached hydrogens (tertiary/aromatic N) is 4. The van der Waals surface area contributed by atoms with Crippen molar-refractivity contribution in [3.63, 3.8) is 0 Å². The Bertz CT molecular complexity index is 1040. The Balaban J connectivity index is 1.97. The third kappa shape index (κ3) is 5.01. The Kier molecular flexibility index (Phi) is 7.13. The van der Waals surface area contributed by atoms with Crippen LogP contribution in [-0.4, -0.2) is 39.6 Å². The Morgan fingerprint density at radius 3 is 2.67 bits per heavy atom. The largest absolute Gasteiger partial charge is 0.462 e. The van der Waals surface area contributed by atoms with Crippen LogP contribution < -0.4 is 4.90 Å². The predicted octanol–water partition coefficient (Wildman–Crippen LogP) is 3.86. The first kappa shape index (κ1) is 21.4. The van der Waals surface area contributed by atoms with Crippen molar-refractivity contribution in [2.45, 2.75) is 27.3 Å². The van der Waals surface area contributed by atoms with Gasteiger partial charge in [-0.05, 0) is 25.5 Å². The molecule has 1 aromatic carbocycles. The summed E-state index contributed by atoms with van der Waals surface area (Å²) in [6.45, 7) is 6.51. The second-order valence-corrected chi connectivity index (χ2v) is 7.30. The molecule has 1 amide bonds. The topological polar surface area (TPSA) is 77.3 Å². The van der Waals surface area contributed by atoms with Crippen LogP contribution >= 0.6 is 11.3 Å². The minimum absolute atomic E-state index is 0.0774. The van der Waals surface area contributed by atoms with Crippen LogP contribution in [0.5, 0.6) is 0 Å². The minimum atomic E-state index is -0.466. The summed E-state index contributed by atoms with van der Waals surface area (Å²) in [4.78, 5) is 35.0. The Labute approximate surface area is 179 Å². The molecule has 0 spiro atoms. The van der Waals surface area contributed by atoms with Crippen molar-refractivity contribution < 1.29 is 14.3 Å². The minimum Gasteiger partial charge on any atom is -0.462 e. The van der Waals surface area contributed by atoms with E-state index in [0.717, 1.165) is 5.56 Å². The molecule has 3 rings (SSSR count). The van der Waals surface area contributed by atoms with Gasteiger partial charge in [-0.1, -0.05) is 30.3 Å². The summed E-state index contributed by atoms with van der Waals surface area (Å²) in [5.74, 6) is -0.0383. The summed E-state index contributed by atoms with van der Waals surface area (Å²) in [5, 5.41) is 2.40. The number of amides is 1. The van der Waals surface area contributed by atoms with Gasteiger partial charge in [0.1, 0.15) is 11.4 Å². The number of hydrogen-bond donors (Lipinski definition) is 0. The third-order valence-corrected chi connectivity index (χ3v) is 5.26. The van der Waals surface area contributed by atoms with E-state index >= 15 is 0 Å². The third-order valence-electron chi connectivity index (χ3n) is 4.38. The number of carbonyl (C=O) groups is 2. The number of rotatable bonds is 8. The molecule has 0 aliphatic heterocycles. The lowest BCUT2D eigenvalue weighted by atomic mass is 10.2. The van der Waals surface area contributed by atoms with Gasteiger partial charge in [0.05, 0.1) is 12.3 Å². The summed E-state index contributed by atoms with van der Waals surface area (Å²) in [6, 6.07) is 9.94. The number of aromatic nitrogens is 3. The normalized spacial score (nSPS) is 11.4. The molecule has 0 fully saturated rings. The van der Waals surface area contributed by atoms with Crippen molar-refractivity contribution in [1.82, 2.24) is 14.5 Å². The molecule has 0 radical (unpaired) electrons. The number of esters is 1. The molecular weight excluding hydrogens is 400 g/mol. The van der Waals surface area contributed by atoms with Gasteiger partial charge in [0, 0.05) is 37.8 Å². The maximum Gasteiger partial charge on any atom is 0.341 e. The predicted molar refractivity (Wildman–Crippen MR) is 118 cm³/mol. The van der Waals surface area contributed by atoms with Crippen LogP contribution in [-0.2, 0) is 20.9 Å². The standard InChI is InChI=1S/C22H24N4O3S/c1-4-26(16(3)27)22-24-18(15-30-22)13-19(21(28)29-5-2)20-23-11-12-25(20)14-17-9-7-6-8-10-17/h6-13,15H,4-5,14H2,1-3H3/b19-13+. The number of thiazole rings is 1. The van der Waals surface area contributed by atoms with Crippen LogP contribution in [0.25, 0.3) is 11.6 Å². The lowest BCUT2D eigenvalue weighted by Gasteiger charge is -2.14. The molecular formula is C22H24N4O3S. The first-order chi connectivity index (χ1) is 14.5. The first-order valence-corrected chi connectivity index (χ1v) is 10.6. The first-order valence-electron chi connectivity index (χ1n) is 9.71. The number of ether oxygens (including phenoxy) is 1. The zero-order valence-electron chi connectivity index (χ0n) is 17.2. The zero-order valence-corrected chi connectivity index (χ0v) is 18.1. The van der Waals surface area contributed by atoms with Crippen LogP contribution in [0.3, 0.4) is 0 Å². The average molecular weight is 425 g/mol. The van der Waals surface area contributed by atoms with Crippen molar-refractivity contribution in [3.8, 4) is 0 Å². The highest BCUT2D eigenvalue weighted by Gasteiger charge is 2.20. The van der Waals surface area contributed by atoms with Gasteiger partial charge in [-0.15, -0.1) is 11.3 Å². The molecule has 8 heteroatoms. The summed E-state index contributed by atoms with van der Waals surface area (Å²) < 4.78 is 7.17. The molecule has 7 nitrogen and oxygen atoms in total. The van der Waals surface area contributed by atoms with E-state index in [4.69, 9.17) is 4.74 Å². The molecule has 156 valence electrons. The van der Waals surface area contributed by atoms with Gasteiger partial charge < -0.3 is 9.30 Å². The van der Waals surface area contributed by atoms with E-state index in [1.165, 1.54) is 18.3 Å². The van der Waals surface area contributed by atoms with Crippen molar-refractivity contribution in [2.24, 2.45) is 0 Å². The molecule has 0 atom stereocenters. The van der Waals surface area contributed by atoms with E-state index < -0.39 is 5.97 Å². The molecule has 30 heavy (non-hydrogen) atoms. The Morgan fingerprint density at radius 2 is 2.00 bits per heavy atom. The zero-order chi connectivity index (χ0) is 21.5. The number of hydrogen-bond acceptors (Lipinski definition) is 6. The maximum atomic E-state index is 12.7. The number of carbonyl (C=O) groups excluding carboxylic acids is 2. The van der Waals surface area contributed by atoms with Gasteiger partial charge in [-0.25, -0.2) is 14.8 Å². The molecule has 0 unspecified atom stereocenters. The SMILES string of the molecule is CCOC(=O)/C(=C/c1csc(N(CC)C(C)=O)n1)c1nccn1Cc1ccccc1. The molecule has 2 heterocycles. The summed E-state index contributed by atoms with van der Waals surface area (Å²) in [5.41, 5.74) is 1.99. The Morgan fingerprint density at radius 1 is 1.23 bits per heavy atom. The van der Waals surface area contributed by atoms with Crippen LogP contribution in [0.1, 0.15) is 37.9 Å². The quantitative estimate of drug-likeness (QED) is 0.405. The highest BCUT2D eigenvalue weighted by Crippen LogP contribution is 2.25. The van der Waals surface area contributed by atoms with Crippen molar-refractivity contribution >= 4 is 40.0 Å². The highest BCUT2D eigenvalue weighted by atomic mass is 32.1. The fraction of sp³-hybridized carbons (Fsp3) is 0.273. The van der Waals surface area contributed by atoms with Gasteiger partial charge in [-0.2, -0.15) is 0 Å². The summed E-state index contributed by atoms with van der Waals surface area (Å²) >= 11 is 1.35. The molecule has 0 N–H and O–H groups in total. The molecule has 0 saturated carbocycles. The molecule has 0 saturated heterocycles. The van der Waals surface area contributed by atoms with E-state index in [0.29, 0.717) is 35.3 Å². The van der Waals surface area contributed by atoms with E-state index in [1.807, 2.05) is 53.4 Å². The second kappa shape index (κ2) is 9.98. The van der Waals surface area contributed by atoms with Crippen LogP contribution in [0.4, 0.5) is 5.13 Å². The fourth-order valence-corrected chi connectivity index (χ4v) is 3.88. The van der Waals surface area contributed by atoms with E-state index in [9.17, 15) is 9.59 Å². The van der Waals surface area contributed by atoms with Gasteiger partial charge in [-0.3, -0.25) is 9.69 Å². The molecule has 3 aromatic rings. The van der Waals surface area contributed by atoms with Gasteiger partial charge in [0.25, 0.3) is 0 Å². The van der Waals surface area contributed by atoms with E-state index in [2.05, 4.69) is 9.97 Å². The number of benzene rings is 1. The molecule has 0 aliphatic rings. The van der Waals surface area contributed by atoms with Gasteiger partial charge in [0.15, 0.2) is 5.13 Å². The monoisotopic (exact) mass is 424 g/mol. The highest BCUT2D eigenvalue weighted by molar-refractivity contribution is 7.14. The fourth-order valence-electron chi connectivity index (χ4n) is 2.99.